The zero-order valence-corrected chi connectivity index (χ0v) is 14.3. The molecule has 26 heavy (non-hydrogen) atoms. The van der Waals surface area contributed by atoms with Crippen LogP contribution < -0.4 is 9.47 Å². The topological polar surface area (TPSA) is 78.9 Å². The van der Waals surface area contributed by atoms with Gasteiger partial charge in [0.25, 0.3) is 0 Å². The van der Waals surface area contributed by atoms with Crippen molar-refractivity contribution in [3.8, 4) is 11.5 Å². The molecule has 2 aromatic rings. The lowest BCUT2D eigenvalue weighted by molar-refractivity contribution is -0.138. The largest absolute Gasteiger partial charge is 0.497 e. The fourth-order valence-electron chi connectivity index (χ4n) is 2.07. The molecule has 0 bridgehead atoms. The molecule has 0 fully saturated rings. The third kappa shape index (κ3) is 5.04. The molecule has 0 unspecified atom stereocenters. The summed E-state index contributed by atoms with van der Waals surface area (Å²) < 4.78 is 15.2. The average molecular weight is 354 g/mol. The van der Waals surface area contributed by atoms with Gasteiger partial charge >= 0.3 is 5.97 Å². The van der Waals surface area contributed by atoms with Gasteiger partial charge in [-0.15, -0.1) is 0 Å². The summed E-state index contributed by atoms with van der Waals surface area (Å²) in [5, 5.41) is 0. The number of esters is 1. The van der Waals surface area contributed by atoms with E-state index in [-0.39, 0.29) is 18.8 Å². The van der Waals surface area contributed by atoms with Crippen molar-refractivity contribution >= 4 is 17.5 Å². The van der Waals surface area contributed by atoms with Crippen molar-refractivity contribution in [2.75, 3.05) is 20.3 Å². The number of methoxy groups -OCH3 is 1. The molecule has 2 rings (SSSR count). The molecule has 6 nitrogen and oxygen atoms in total. The predicted molar refractivity (Wildman–Crippen MR) is 94.7 cm³/mol. The SMILES string of the molecule is C=CC(=O)OCCOc1ccc(C(=O)C(=O)c2ccc(OC)cc2)cc1. The third-order valence-electron chi connectivity index (χ3n) is 3.44. The van der Waals surface area contributed by atoms with Crippen LogP contribution in [-0.2, 0) is 9.53 Å². The second-order valence-corrected chi connectivity index (χ2v) is 5.13. The molecule has 134 valence electrons. The predicted octanol–water partition coefficient (Wildman–Crippen LogP) is 2.87. The Balaban J connectivity index is 1.93. The van der Waals surface area contributed by atoms with Crippen LogP contribution in [0.4, 0.5) is 0 Å². The Hall–Kier alpha value is -3.41. The summed E-state index contributed by atoms with van der Waals surface area (Å²) in [6, 6.07) is 12.5. The van der Waals surface area contributed by atoms with Crippen molar-refractivity contribution in [1.29, 1.82) is 0 Å². The van der Waals surface area contributed by atoms with Gasteiger partial charge in [0.05, 0.1) is 7.11 Å². The maximum atomic E-state index is 12.3. The lowest BCUT2D eigenvalue weighted by Crippen LogP contribution is -2.14. The molecule has 0 heterocycles. The van der Waals surface area contributed by atoms with E-state index < -0.39 is 17.5 Å². The van der Waals surface area contributed by atoms with Gasteiger partial charge in [0.1, 0.15) is 24.7 Å². The summed E-state index contributed by atoms with van der Waals surface area (Å²) in [5.74, 6) is -0.631. The van der Waals surface area contributed by atoms with E-state index in [2.05, 4.69) is 6.58 Å². The van der Waals surface area contributed by atoms with Crippen LogP contribution in [0, 0.1) is 0 Å². The van der Waals surface area contributed by atoms with E-state index in [4.69, 9.17) is 14.2 Å². The molecule has 0 aliphatic rings. The maximum Gasteiger partial charge on any atom is 0.330 e. The van der Waals surface area contributed by atoms with Gasteiger partial charge in [0.2, 0.25) is 11.6 Å². The highest BCUT2D eigenvalue weighted by Gasteiger charge is 2.18. The molecule has 0 amide bonds. The molecule has 0 spiro atoms. The minimum Gasteiger partial charge on any atom is -0.497 e. The number of hydrogen-bond acceptors (Lipinski definition) is 6. The van der Waals surface area contributed by atoms with Crippen molar-refractivity contribution < 1.29 is 28.6 Å². The number of rotatable bonds is 9. The molecule has 0 aliphatic heterocycles. The van der Waals surface area contributed by atoms with Gasteiger partial charge in [0.15, 0.2) is 0 Å². The summed E-state index contributed by atoms with van der Waals surface area (Å²) in [4.78, 5) is 35.4. The van der Waals surface area contributed by atoms with Crippen LogP contribution in [0.2, 0.25) is 0 Å². The number of ketones is 2. The van der Waals surface area contributed by atoms with Gasteiger partial charge in [-0.05, 0) is 48.5 Å². The number of carbonyl (C=O) groups excluding carboxylic acids is 3. The Kier molecular flexibility index (Phi) is 6.68. The Morgan fingerprint density at radius 1 is 0.846 bits per heavy atom. The Labute approximate surface area is 151 Å². The summed E-state index contributed by atoms with van der Waals surface area (Å²) in [5.41, 5.74) is 0.552. The summed E-state index contributed by atoms with van der Waals surface area (Å²) in [6.45, 7) is 3.54. The van der Waals surface area contributed by atoms with Crippen molar-refractivity contribution in [1.82, 2.24) is 0 Å². The fraction of sp³-hybridized carbons (Fsp3) is 0.150. The van der Waals surface area contributed by atoms with E-state index in [0.29, 0.717) is 17.1 Å². The molecule has 0 saturated heterocycles. The van der Waals surface area contributed by atoms with Gasteiger partial charge in [-0.2, -0.15) is 0 Å². The highest BCUT2D eigenvalue weighted by Crippen LogP contribution is 2.16. The first kappa shape index (κ1) is 18.9. The van der Waals surface area contributed by atoms with Crippen molar-refractivity contribution in [3.05, 3.63) is 72.3 Å². The monoisotopic (exact) mass is 354 g/mol. The zero-order valence-electron chi connectivity index (χ0n) is 14.3. The van der Waals surface area contributed by atoms with E-state index in [1.165, 1.54) is 19.2 Å². The molecule has 0 radical (unpaired) electrons. The van der Waals surface area contributed by atoms with Crippen molar-refractivity contribution in [2.45, 2.75) is 0 Å². The number of ether oxygens (including phenoxy) is 3. The number of carbonyl (C=O) groups is 3. The molecule has 0 N–H and O–H groups in total. The minimum absolute atomic E-state index is 0.0848. The van der Waals surface area contributed by atoms with Crippen molar-refractivity contribution in [3.63, 3.8) is 0 Å². The lowest BCUT2D eigenvalue weighted by Gasteiger charge is -2.07. The van der Waals surface area contributed by atoms with E-state index >= 15 is 0 Å². The van der Waals surface area contributed by atoms with E-state index in [9.17, 15) is 14.4 Å². The Morgan fingerprint density at radius 3 is 1.81 bits per heavy atom. The molecular weight excluding hydrogens is 336 g/mol. The zero-order chi connectivity index (χ0) is 18.9. The van der Waals surface area contributed by atoms with Crippen LogP contribution in [0.5, 0.6) is 11.5 Å². The molecule has 0 atom stereocenters. The summed E-state index contributed by atoms with van der Waals surface area (Å²) in [7, 11) is 1.52. The van der Waals surface area contributed by atoms with Gasteiger partial charge < -0.3 is 14.2 Å². The molecule has 0 aliphatic carbocycles. The average Bonchev–Trinajstić information content (AvgIpc) is 2.70. The van der Waals surface area contributed by atoms with Crippen LogP contribution in [0.15, 0.2) is 61.2 Å². The smallest absolute Gasteiger partial charge is 0.330 e. The first-order valence-electron chi connectivity index (χ1n) is 7.80. The molecule has 6 heteroatoms. The van der Waals surface area contributed by atoms with Gasteiger partial charge in [-0.1, -0.05) is 6.58 Å². The standard InChI is InChI=1S/C20H18O6/c1-3-18(21)26-13-12-25-17-10-6-15(7-11-17)20(23)19(22)14-4-8-16(24-2)9-5-14/h3-11H,1,12-13H2,2H3. The highest BCUT2D eigenvalue weighted by molar-refractivity contribution is 6.49. The Bertz CT molecular complexity index is 790. The van der Waals surface area contributed by atoms with E-state index in [0.717, 1.165) is 6.08 Å². The Morgan fingerprint density at radius 2 is 1.35 bits per heavy atom. The molecular formula is C20H18O6. The van der Waals surface area contributed by atoms with Crippen molar-refractivity contribution in [2.24, 2.45) is 0 Å². The van der Waals surface area contributed by atoms with Crippen LogP contribution in [-0.4, -0.2) is 37.9 Å². The van der Waals surface area contributed by atoms with Crippen LogP contribution in [0.3, 0.4) is 0 Å². The van der Waals surface area contributed by atoms with Crippen LogP contribution in [0.25, 0.3) is 0 Å². The first-order chi connectivity index (χ1) is 12.5. The molecule has 0 aromatic heterocycles. The quantitative estimate of drug-likeness (QED) is 0.226. The summed E-state index contributed by atoms with van der Waals surface area (Å²) in [6.07, 6.45) is 1.07. The highest BCUT2D eigenvalue weighted by atomic mass is 16.6. The van der Waals surface area contributed by atoms with Gasteiger partial charge in [-0.25, -0.2) is 4.79 Å². The fourth-order valence-corrected chi connectivity index (χ4v) is 2.07. The van der Waals surface area contributed by atoms with E-state index in [1.54, 1.807) is 36.4 Å². The number of benzene rings is 2. The second-order valence-electron chi connectivity index (χ2n) is 5.13. The summed E-state index contributed by atoms with van der Waals surface area (Å²) >= 11 is 0. The second kappa shape index (κ2) is 9.17. The lowest BCUT2D eigenvalue weighted by atomic mass is 10.0. The third-order valence-corrected chi connectivity index (χ3v) is 3.44. The van der Waals surface area contributed by atoms with E-state index in [1.807, 2.05) is 0 Å². The number of Topliss-reactive ketones (excluding diaryl/α,β-unsaturated/α-hetero) is 2. The van der Waals surface area contributed by atoms with Gasteiger partial charge in [0, 0.05) is 17.2 Å². The molecule has 2 aromatic carbocycles. The van der Waals surface area contributed by atoms with Crippen LogP contribution >= 0.6 is 0 Å². The first-order valence-corrected chi connectivity index (χ1v) is 7.80. The molecule has 0 saturated carbocycles. The minimum atomic E-state index is -0.610. The normalized spacial score (nSPS) is 9.88. The van der Waals surface area contributed by atoms with Crippen LogP contribution in [0.1, 0.15) is 20.7 Å². The maximum absolute atomic E-state index is 12.3. The van der Waals surface area contributed by atoms with Gasteiger partial charge in [-0.3, -0.25) is 9.59 Å². The number of hydrogen-bond donors (Lipinski definition) is 0.